The molecule has 0 bridgehead atoms. The number of thiophene rings is 1. The van der Waals surface area contributed by atoms with E-state index in [4.69, 9.17) is 16.2 Å². The SMILES string of the molecule is CN1CCC(Oc2ccnc3sc(C(N)=O)c(N)c23)CC1. The van der Waals surface area contributed by atoms with Crippen LogP contribution in [0, 0.1) is 0 Å². The molecule has 7 heteroatoms. The van der Waals surface area contributed by atoms with Gasteiger partial charge in [0.1, 0.15) is 21.6 Å². The van der Waals surface area contributed by atoms with Gasteiger partial charge in [0.2, 0.25) is 0 Å². The number of nitrogens with zero attached hydrogens (tertiary/aromatic N) is 2. The van der Waals surface area contributed by atoms with E-state index in [9.17, 15) is 4.79 Å². The number of anilines is 1. The molecule has 0 saturated carbocycles. The average molecular weight is 306 g/mol. The Morgan fingerprint density at radius 2 is 2.19 bits per heavy atom. The average Bonchev–Trinajstić information content (AvgIpc) is 2.80. The Balaban J connectivity index is 1.93. The number of carbonyl (C=O) groups excluding carboxylic acids is 1. The van der Waals surface area contributed by atoms with Crippen molar-refractivity contribution in [2.24, 2.45) is 5.73 Å². The van der Waals surface area contributed by atoms with Gasteiger partial charge >= 0.3 is 0 Å². The lowest BCUT2D eigenvalue weighted by atomic mass is 10.1. The van der Waals surface area contributed by atoms with Crippen molar-refractivity contribution >= 4 is 33.1 Å². The molecule has 3 rings (SSSR count). The topological polar surface area (TPSA) is 94.5 Å². The molecule has 2 aromatic heterocycles. The van der Waals surface area contributed by atoms with Gasteiger partial charge in [-0.25, -0.2) is 4.98 Å². The van der Waals surface area contributed by atoms with Gasteiger partial charge in [0.25, 0.3) is 5.91 Å². The smallest absolute Gasteiger partial charge is 0.260 e. The van der Waals surface area contributed by atoms with Crippen molar-refractivity contribution in [2.45, 2.75) is 18.9 Å². The van der Waals surface area contributed by atoms with Crippen LogP contribution < -0.4 is 16.2 Å². The highest BCUT2D eigenvalue weighted by Gasteiger charge is 2.22. The second kappa shape index (κ2) is 5.50. The van der Waals surface area contributed by atoms with E-state index < -0.39 is 5.91 Å². The van der Waals surface area contributed by atoms with E-state index in [0.29, 0.717) is 26.5 Å². The summed E-state index contributed by atoms with van der Waals surface area (Å²) in [5, 5.41) is 0.704. The van der Waals surface area contributed by atoms with E-state index >= 15 is 0 Å². The Labute approximate surface area is 126 Å². The Morgan fingerprint density at radius 3 is 2.86 bits per heavy atom. The first kappa shape index (κ1) is 14.1. The van der Waals surface area contributed by atoms with Crippen molar-refractivity contribution in [3.63, 3.8) is 0 Å². The van der Waals surface area contributed by atoms with Crippen LogP contribution >= 0.6 is 11.3 Å². The molecule has 6 nitrogen and oxygen atoms in total. The largest absolute Gasteiger partial charge is 0.489 e. The Bertz CT molecular complexity index is 677. The standard InChI is InChI=1S/C14H18N4O2S/c1-18-6-3-8(4-7-18)20-9-2-5-17-14-10(9)11(15)12(21-14)13(16)19/h2,5,8H,3-4,6-7,15H2,1H3,(H2,16,19). The Kier molecular flexibility index (Phi) is 3.69. The highest BCUT2D eigenvalue weighted by Crippen LogP contribution is 2.38. The lowest BCUT2D eigenvalue weighted by molar-refractivity contribution is 0.100. The first-order valence-corrected chi connectivity index (χ1v) is 7.70. The molecule has 112 valence electrons. The molecular formula is C14H18N4O2S. The minimum absolute atomic E-state index is 0.170. The van der Waals surface area contributed by atoms with Crippen LogP contribution in [-0.2, 0) is 0 Å². The summed E-state index contributed by atoms with van der Waals surface area (Å²) in [6, 6.07) is 1.80. The molecule has 0 unspecified atom stereocenters. The lowest BCUT2D eigenvalue weighted by Gasteiger charge is -2.29. The fourth-order valence-corrected chi connectivity index (χ4v) is 3.51. The van der Waals surface area contributed by atoms with Crippen molar-refractivity contribution < 1.29 is 9.53 Å². The van der Waals surface area contributed by atoms with Crippen LogP contribution in [-0.4, -0.2) is 42.0 Å². The van der Waals surface area contributed by atoms with Crippen molar-refractivity contribution in [2.75, 3.05) is 25.9 Å². The molecule has 0 spiro atoms. The maximum Gasteiger partial charge on any atom is 0.260 e. The number of aromatic nitrogens is 1. The van der Waals surface area contributed by atoms with Gasteiger partial charge in [-0.2, -0.15) is 0 Å². The highest BCUT2D eigenvalue weighted by atomic mass is 32.1. The van der Waals surface area contributed by atoms with Crippen molar-refractivity contribution in [3.8, 4) is 5.75 Å². The van der Waals surface area contributed by atoms with Gasteiger partial charge in [-0.1, -0.05) is 0 Å². The lowest BCUT2D eigenvalue weighted by Crippen LogP contribution is -2.35. The summed E-state index contributed by atoms with van der Waals surface area (Å²) < 4.78 is 6.10. The van der Waals surface area contributed by atoms with Gasteiger partial charge in [0.15, 0.2) is 0 Å². The molecule has 1 aliphatic heterocycles. The predicted octanol–water partition coefficient (Wildman–Crippen LogP) is 1.45. The second-order valence-corrected chi connectivity index (χ2v) is 6.32. The summed E-state index contributed by atoms with van der Waals surface area (Å²) in [5.41, 5.74) is 11.8. The van der Waals surface area contributed by atoms with Gasteiger partial charge in [0.05, 0.1) is 11.1 Å². The van der Waals surface area contributed by atoms with Crippen molar-refractivity contribution in [3.05, 3.63) is 17.1 Å². The zero-order valence-electron chi connectivity index (χ0n) is 11.8. The van der Waals surface area contributed by atoms with Crippen molar-refractivity contribution in [1.29, 1.82) is 0 Å². The monoisotopic (exact) mass is 306 g/mol. The molecule has 0 atom stereocenters. The normalized spacial score (nSPS) is 17.2. The number of amides is 1. The van der Waals surface area contributed by atoms with Crippen LogP contribution in [0.15, 0.2) is 12.3 Å². The third-order valence-corrected chi connectivity index (χ3v) is 4.90. The van der Waals surface area contributed by atoms with Gasteiger partial charge in [-0.05, 0) is 26.0 Å². The summed E-state index contributed by atoms with van der Waals surface area (Å²) in [5.74, 6) is 0.163. The maximum atomic E-state index is 11.4. The predicted molar refractivity (Wildman–Crippen MR) is 83.7 cm³/mol. The number of fused-ring (bicyclic) bond motifs is 1. The fourth-order valence-electron chi connectivity index (χ4n) is 2.58. The van der Waals surface area contributed by atoms with Gasteiger partial charge in [-0.15, -0.1) is 11.3 Å². The van der Waals surface area contributed by atoms with E-state index in [1.165, 1.54) is 11.3 Å². The van der Waals surface area contributed by atoms with Gasteiger partial charge < -0.3 is 21.1 Å². The Hall–Kier alpha value is -1.86. The minimum atomic E-state index is -0.527. The van der Waals surface area contributed by atoms with E-state index in [0.717, 1.165) is 25.9 Å². The molecular weight excluding hydrogens is 288 g/mol. The summed E-state index contributed by atoms with van der Waals surface area (Å²) in [6.45, 7) is 2.04. The second-order valence-electron chi connectivity index (χ2n) is 5.32. The molecule has 0 aliphatic carbocycles. The van der Waals surface area contributed by atoms with Crippen LogP contribution in [0.5, 0.6) is 5.75 Å². The number of carbonyl (C=O) groups is 1. The first-order valence-electron chi connectivity index (χ1n) is 6.88. The first-order chi connectivity index (χ1) is 10.1. The number of piperidine rings is 1. The number of pyridine rings is 1. The Morgan fingerprint density at radius 1 is 1.48 bits per heavy atom. The number of hydrogen-bond acceptors (Lipinski definition) is 6. The quantitative estimate of drug-likeness (QED) is 0.895. The van der Waals surface area contributed by atoms with E-state index in [1.54, 1.807) is 12.3 Å². The molecule has 1 saturated heterocycles. The van der Waals surface area contributed by atoms with Crippen LogP contribution in [0.4, 0.5) is 5.69 Å². The number of rotatable bonds is 3. The summed E-state index contributed by atoms with van der Waals surface area (Å²) in [6.07, 6.45) is 3.80. The minimum Gasteiger partial charge on any atom is -0.489 e. The van der Waals surface area contributed by atoms with Crippen LogP contribution in [0.2, 0.25) is 0 Å². The molecule has 0 radical (unpaired) electrons. The number of nitrogens with two attached hydrogens (primary N) is 2. The summed E-state index contributed by atoms with van der Waals surface area (Å²) in [7, 11) is 2.11. The van der Waals surface area contributed by atoms with Crippen LogP contribution in [0.1, 0.15) is 22.5 Å². The molecule has 4 N–H and O–H groups in total. The van der Waals surface area contributed by atoms with Gasteiger partial charge in [0, 0.05) is 19.3 Å². The van der Waals surface area contributed by atoms with Crippen LogP contribution in [0.25, 0.3) is 10.2 Å². The van der Waals surface area contributed by atoms with E-state index in [2.05, 4.69) is 16.9 Å². The molecule has 1 fully saturated rings. The van der Waals surface area contributed by atoms with E-state index in [-0.39, 0.29) is 6.10 Å². The summed E-state index contributed by atoms with van der Waals surface area (Å²) in [4.78, 5) is 19.0. The molecule has 21 heavy (non-hydrogen) atoms. The van der Waals surface area contributed by atoms with Crippen molar-refractivity contribution in [1.82, 2.24) is 9.88 Å². The number of hydrogen-bond donors (Lipinski definition) is 2. The molecule has 2 aromatic rings. The molecule has 1 amide bonds. The maximum absolute atomic E-state index is 11.4. The molecule has 1 aliphatic rings. The fraction of sp³-hybridized carbons (Fsp3) is 0.429. The zero-order chi connectivity index (χ0) is 15.0. The number of nitrogen functional groups attached to an aromatic ring is 1. The number of ether oxygens (including phenoxy) is 1. The van der Waals surface area contributed by atoms with Crippen LogP contribution in [0.3, 0.4) is 0 Å². The third-order valence-electron chi connectivity index (χ3n) is 3.77. The van der Waals surface area contributed by atoms with E-state index in [1.807, 2.05) is 0 Å². The summed E-state index contributed by atoms with van der Waals surface area (Å²) >= 11 is 1.21. The number of primary amides is 1. The van der Waals surface area contributed by atoms with Gasteiger partial charge in [-0.3, -0.25) is 4.79 Å². The molecule has 3 heterocycles. The number of likely N-dealkylation sites (tertiary alicyclic amines) is 1. The highest BCUT2D eigenvalue weighted by molar-refractivity contribution is 7.21. The third kappa shape index (κ3) is 2.66. The molecule has 0 aromatic carbocycles. The zero-order valence-corrected chi connectivity index (χ0v) is 12.7.